The van der Waals surface area contributed by atoms with E-state index < -0.39 is 6.43 Å². The molecule has 1 spiro atoms. The van der Waals surface area contributed by atoms with Crippen molar-refractivity contribution in [1.82, 2.24) is 44.9 Å². The molecule has 6 heterocycles. The number of nitriles is 1. The molecule has 3 aliphatic heterocycles. The number of hydrogen-bond donors (Lipinski definition) is 1. The molecule has 18 heteroatoms. The molecule has 11 rings (SSSR count). The van der Waals surface area contributed by atoms with Gasteiger partial charge in [-0.1, -0.05) is 11.6 Å². The van der Waals surface area contributed by atoms with E-state index in [0.717, 1.165) is 125 Å². The Bertz CT molecular complexity index is 2850. The number of nitrogens with one attached hydrogen (secondary N) is 1. The average molecular weight is 988 g/mol. The van der Waals surface area contributed by atoms with E-state index in [2.05, 4.69) is 46.1 Å². The van der Waals surface area contributed by atoms with Crippen molar-refractivity contribution in [2.75, 3.05) is 49.1 Å². The van der Waals surface area contributed by atoms with E-state index in [1.807, 2.05) is 17.0 Å². The van der Waals surface area contributed by atoms with Gasteiger partial charge in [0.25, 0.3) is 12.3 Å². The summed E-state index contributed by atoms with van der Waals surface area (Å²) in [6.45, 7) is 6.86. The summed E-state index contributed by atoms with van der Waals surface area (Å²) in [5, 5.41) is 30.9. The molecule has 2 amide bonds. The van der Waals surface area contributed by atoms with Crippen molar-refractivity contribution in [3.8, 4) is 22.9 Å². The lowest BCUT2D eigenvalue weighted by Gasteiger charge is -2.56. The van der Waals surface area contributed by atoms with Crippen LogP contribution in [-0.2, 0) is 31.2 Å². The molecule has 0 bridgehead atoms. The second-order valence-electron chi connectivity index (χ2n) is 20.8. The topological polar surface area (TPSA) is 154 Å². The number of benzene rings is 2. The van der Waals surface area contributed by atoms with Crippen molar-refractivity contribution >= 4 is 40.6 Å². The zero-order valence-electron chi connectivity index (χ0n) is 40.5. The van der Waals surface area contributed by atoms with E-state index in [9.17, 15) is 23.6 Å². The number of aromatic nitrogens is 6. The Hall–Kier alpha value is -6.12. The number of nitrogens with zero attached hydrogens (tertiary/aromatic N) is 11. The third-order valence-electron chi connectivity index (χ3n) is 16.5. The molecule has 15 nitrogen and oxygen atoms in total. The highest BCUT2D eigenvalue weighted by atomic mass is 35.5. The summed E-state index contributed by atoms with van der Waals surface area (Å²) in [6.07, 6.45) is 14.7. The number of alkyl halides is 2. The maximum Gasteiger partial charge on any atom is 0.274 e. The molecule has 1 N–H and O–H groups in total. The van der Waals surface area contributed by atoms with E-state index >= 15 is 0 Å². The summed E-state index contributed by atoms with van der Waals surface area (Å²) in [6, 6.07) is 13.5. The fourth-order valence-electron chi connectivity index (χ4n) is 12.6. The minimum absolute atomic E-state index is 0.00701. The Kier molecular flexibility index (Phi) is 13.0. The number of halogens is 3. The quantitative estimate of drug-likeness (QED) is 0.143. The van der Waals surface area contributed by atoms with Crippen LogP contribution in [0.15, 0.2) is 55.0 Å². The van der Waals surface area contributed by atoms with Gasteiger partial charge in [0.2, 0.25) is 5.91 Å². The van der Waals surface area contributed by atoms with Crippen molar-refractivity contribution in [1.29, 1.82) is 5.26 Å². The van der Waals surface area contributed by atoms with E-state index in [1.54, 1.807) is 61.5 Å². The first-order chi connectivity index (χ1) is 34.4. The maximum absolute atomic E-state index is 14.8. The molecule has 3 aliphatic carbocycles. The Morgan fingerprint density at radius 1 is 0.944 bits per heavy atom. The number of aryl methyl sites for hydroxylation is 2. The minimum atomic E-state index is -2.66. The molecule has 3 aromatic heterocycles. The highest BCUT2D eigenvalue weighted by Gasteiger charge is 2.49. The highest BCUT2D eigenvalue weighted by Crippen LogP contribution is 2.56. The molecule has 0 atom stereocenters. The molecule has 0 unspecified atom stereocenters. The Balaban J connectivity index is 0.704. The van der Waals surface area contributed by atoms with Crippen LogP contribution < -0.4 is 19.9 Å². The fraction of sp³-hybridized carbons (Fsp3) is 0.528. The largest absolute Gasteiger partial charge is 0.490 e. The highest BCUT2D eigenvalue weighted by molar-refractivity contribution is 6.31. The zero-order chi connectivity index (χ0) is 49.0. The van der Waals surface area contributed by atoms with Crippen LogP contribution in [0.25, 0.3) is 11.1 Å². The lowest BCUT2D eigenvalue weighted by atomic mass is 9.57. The third kappa shape index (κ3) is 9.33. The molecule has 0 radical (unpaired) electrons. The molecule has 4 fully saturated rings. The van der Waals surface area contributed by atoms with Crippen molar-refractivity contribution in [2.45, 2.75) is 128 Å². The second-order valence-corrected chi connectivity index (χ2v) is 21.2. The minimum Gasteiger partial charge on any atom is -0.490 e. The van der Waals surface area contributed by atoms with Gasteiger partial charge in [-0.15, -0.1) is 5.10 Å². The number of rotatable bonds is 10. The summed E-state index contributed by atoms with van der Waals surface area (Å²) in [4.78, 5) is 35.4. The molecule has 6 aliphatic rings. The third-order valence-corrected chi connectivity index (χ3v) is 16.9. The number of hydrogen-bond acceptors (Lipinski definition) is 11. The van der Waals surface area contributed by atoms with E-state index in [1.165, 1.54) is 18.5 Å². The van der Waals surface area contributed by atoms with Crippen LogP contribution in [0, 0.1) is 16.7 Å². The summed E-state index contributed by atoms with van der Waals surface area (Å²) in [7, 11) is 1.79. The van der Waals surface area contributed by atoms with Gasteiger partial charge in [0.05, 0.1) is 47.4 Å². The second kappa shape index (κ2) is 19.5. The summed E-state index contributed by atoms with van der Waals surface area (Å²) in [5.74, 6) is 1.28. The molecular weight excluding hydrogens is 926 g/mol. The van der Waals surface area contributed by atoms with Gasteiger partial charge in [-0.05, 0) is 124 Å². The van der Waals surface area contributed by atoms with Gasteiger partial charge in [0.15, 0.2) is 11.5 Å². The van der Waals surface area contributed by atoms with E-state index in [0.29, 0.717) is 64.2 Å². The molecule has 71 heavy (non-hydrogen) atoms. The van der Waals surface area contributed by atoms with Crippen molar-refractivity contribution < 1.29 is 23.1 Å². The van der Waals surface area contributed by atoms with Crippen LogP contribution in [0.5, 0.6) is 5.75 Å². The number of amides is 2. The predicted octanol–water partition coefficient (Wildman–Crippen LogP) is 8.73. The Morgan fingerprint density at radius 3 is 2.44 bits per heavy atom. The SMILES string of the molecule is CC(=O)N1CCc2c(c(N3CCCc4cc(-c5cnn(C)c5)c(C(F)F)cc43)nn2C2CCC3(CC2)CC(N2CCN(c4ccnnc4C(=O)NC4CCC(Oc5ccc(C#N)c(Cl)c5)CC4)CC2)C3)C1. The predicted molar refractivity (Wildman–Crippen MR) is 265 cm³/mol. The number of anilines is 3. The van der Waals surface area contributed by atoms with Crippen LogP contribution in [0.3, 0.4) is 0 Å². The normalized spacial score (nSPS) is 24.5. The summed E-state index contributed by atoms with van der Waals surface area (Å²) >= 11 is 6.21. The van der Waals surface area contributed by atoms with Crippen LogP contribution in [0.4, 0.5) is 26.0 Å². The molecule has 2 aromatic carbocycles. The van der Waals surface area contributed by atoms with E-state index in [4.69, 9.17) is 21.4 Å². The van der Waals surface area contributed by atoms with Gasteiger partial charge in [0, 0.05) is 112 Å². The number of carbonyl (C=O) groups excluding carboxylic acids is 2. The van der Waals surface area contributed by atoms with Gasteiger partial charge in [-0.2, -0.15) is 20.6 Å². The molecule has 5 aromatic rings. The summed E-state index contributed by atoms with van der Waals surface area (Å²) in [5.41, 5.74) is 7.16. The van der Waals surface area contributed by atoms with Gasteiger partial charge in [-0.25, -0.2) is 8.78 Å². The van der Waals surface area contributed by atoms with Gasteiger partial charge < -0.3 is 24.8 Å². The molecule has 3 saturated carbocycles. The lowest BCUT2D eigenvalue weighted by Crippen LogP contribution is -2.58. The fourth-order valence-corrected chi connectivity index (χ4v) is 12.9. The molecule has 1 saturated heterocycles. The Morgan fingerprint density at radius 2 is 1.73 bits per heavy atom. The van der Waals surface area contributed by atoms with Crippen molar-refractivity contribution in [2.24, 2.45) is 12.5 Å². The smallest absolute Gasteiger partial charge is 0.274 e. The first-order valence-corrected chi connectivity index (χ1v) is 25.9. The first-order valence-electron chi connectivity index (χ1n) is 25.5. The number of ether oxygens (including phenoxy) is 1. The molecular formula is C53H61ClF2N12O3. The number of fused-ring (bicyclic) bond motifs is 2. The summed E-state index contributed by atoms with van der Waals surface area (Å²) < 4.78 is 39.7. The van der Waals surface area contributed by atoms with Gasteiger partial charge in [-0.3, -0.25) is 23.9 Å². The lowest BCUT2D eigenvalue weighted by molar-refractivity contribution is -0.129. The monoisotopic (exact) mass is 986 g/mol. The average Bonchev–Trinajstić information content (AvgIpc) is 3.99. The first kappa shape index (κ1) is 47.2. The Labute approximate surface area is 418 Å². The van der Waals surface area contributed by atoms with Crippen LogP contribution in [0.2, 0.25) is 5.02 Å². The maximum atomic E-state index is 14.8. The van der Waals surface area contributed by atoms with Gasteiger partial charge >= 0.3 is 0 Å². The van der Waals surface area contributed by atoms with E-state index in [-0.39, 0.29) is 35.6 Å². The van der Waals surface area contributed by atoms with Crippen LogP contribution >= 0.6 is 11.6 Å². The number of carbonyl (C=O) groups is 2. The van der Waals surface area contributed by atoms with Crippen molar-refractivity contribution in [3.05, 3.63) is 93.7 Å². The number of piperazine rings is 1. The zero-order valence-corrected chi connectivity index (χ0v) is 41.3. The van der Waals surface area contributed by atoms with Crippen LogP contribution in [0.1, 0.15) is 128 Å². The molecule has 372 valence electrons. The standard InChI is InChI=1S/C53H61ClF2N12O3/c1-33(69)66-19-14-46-44(32-66)51(67-18-3-4-34-24-42(36-30-59-63(2)31-36)43(50(55)56)26-48(34)67)62-68(46)38-11-15-53(16-12-38)27-39(28-53)64-20-22-65(23-21-64)47-13-17-58-61-49(47)52(70)60-37-6-9-40(10-7-37)71-41-8-5-35(29-57)45(54)25-41/h5,8,13,17,24-26,30-31,37-40,50H,3-4,6-7,9-12,14-16,18-23,27-28,32H2,1-2H3,(H,60,70). The van der Waals surface area contributed by atoms with Gasteiger partial charge in [0.1, 0.15) is 11.8 Å². The van der Waals surface area contributed by atoms with Crippen molar-refractivity contribution in [3.63, 3.8) is 0 Å². The van der Waals surface area contributed by atoms with Crippen LogP contribution in [-0.4, -0.2) is 109 Å².